The Morgan fingerprint density at radius 2 is 1.88 bits per heavy atom. The van der Waals surface area contributed by atoms with Crippen molar-refractivity contribution < 1.29 is 9.53 Å². The first-order chi connectivity index (χ1) is 12.3. The van der Waals surface area contributed by atoms with Crippen molar-refractivity contribution in [3.05, 3.63) is 35.0 Å². The number of hydrogen-bond acceptors (Lipinski definition) is 5. The Kier molecular flexibility index (Phi) is 6.29. The smallest absolute Gasteiger partial charge is 0.270 e. The Labute approximate surface area is 155 Å². The summed E-state index contributed by atoms with van der Waals surface area (Å²) in [5.74, 6) is 1.58. The molecule has 0 unspecified atom stereocenters. The molecule has 0 spiro atoms. The Balaban J connectivity index is 2.77. The van der Waals surface area contributed by atoms with Crippen LogP contribution >= 0.6 is 0 Å². The molecule has 26 heavy (non-hydrogen) atoms. The molecule has 0 aliphatic heterocycles. The minimum absolute atomic E-state index is 0.184. The van der Waals surface area contributed by atoms with Gasteiger partial charge in [0, 0.05) is 24.4 Å². The van der Waals surface area contributed by atoms with Crippen molar-refractivity contribution in [2.24, 2.45) is 0 Å². The van der Waals surface area contributed by atoms with Crippen LogP contribution in [-0.2, 0) is 0 Å². The summed E-state index contributed by atoms with van der Waals surface area (Å²) >= 11 is 0. The molecule has 0 aromatic carbocycles. The van der Waals surface area contributed by atoms with Crippen molar-refractivity contribution in [1.29, 1.82) is 0 Å². The van der Waals surface area contributed by atoms with Crippen LogP contribution in [0.25, 0.3) is 11.3 Å². The number of carbonyl (C=O) groups excluding carboxylic acids is 1. The van der Waals surface area contributed by atoms with Crippen molar-refractivity contribution in [1.82, 2.24) is 20.3 Å². The fraction of sp³-hybridized carbons (Fsp3) is 0.500. The highest BCUT2D eigenvalue weighted by Gasteiger charge is 2.22. The maximum atomic E-state index is 12.3. The van der Waals surface area contributed by atoms with Gasteiger partial charge in [-0.25, -0.2) is 15.0 Å². The van der Waals surface area contributed by atoms with E-state index in [9.17, 15) is 4.79 Å². The van der Waals surface area contributed by atoms with Crippen LogP contribution in [0.5, 0.6) is 5.75 Å². The molecule has 0 saturated carbocycles. The zero-order chi connectivity index (χ0) is 19.4. The highest BCUT2D eigenvalue weighted by molar-refractivity contribution is 5.98. The zero-order valence-corrected chi connectivity index (χ0v) is 16.7. The summed E-state index contributed by atoms with van der Waals surface area (Å²) in [4.78, 5) is 25.8. The van der Waals surface area contributed by atoms with Gasteiger partial charge < -0.3 is 10.1 Å². The van der Waals surface area contributed by atoms with Gasteiger partial charge in [0.15, 0.2) is 0 Å². The maximum absolute atomic E-state index is 12.3. The first-order valence-electron chi connectivity index (χ1n) is 9.03. The van der Waals surface area contributed by atoms with Crippen molar-refractivity contribution in [3.63, 3.8) is 0 Å². The fourth-order valence-corrected chi connectivity index (χ4v) is 2.78. The van der Waals surface area contributed by atoms with Crippen LogP contribution in [0.4, 0.5) is 0 Å². The molecule has 1 N–H and O–H groups in total. The topological polar surface area (TPSA) is 77.0 Å². The summed E-state index contributed by atoms with van der Waals surface area (Å²) in [5.41, 5.74) is 3.61. The molecule has 6 nitrogen and oxygen atoms in total. The van der Waals surface area contributed by atoms with E-state index in [0.29, 0.717) is 29.4 Å². The van der Waals surface area contributed by atoms with E-state index in [1.54, 1.807) is 20.2 Å². The molecule has 140 valence electrons. The predicted octanol–water partition coefficient (Wildman–Crippen LogP) is 3.85. The number of aryl methyl sites for hydroxylation is 1. The summed E-state index contributed by atoms with van der Waals surface area (Å²) in [5, 5.41) is 2.64. The van der Waals surface area contributed by atoms with E-state index in [4.69, 9.17) is 9.72 Å². The number of hydrogen-bond donors (Lipinski definition) is 1. The minimum atomic E-state index is -0.252. The highest BCUT2D eigenvalue weighted by atomic mass is 16.5. The monoisotopic (exact) mass is 356 g/mol. The molecule has 2 aromatic rings. The second-order valence-electron chi connectivity index (χ2n) is 6.81. The number of amides is 1. The number of pyridine rings is 1. The van der Waals surface area contributed by atoms with E-state index in [2.05, 4.69) is 43.0 Å². The van der Waals surface area contributed by atoms with Crippen molar-refractivity contribution in [2.75, 3.05) is 13.7 Å². The van der Waals surface area contributed by atoms with E-state index in [1.807, 2.05) is 13.0 Å². The first-order valence-corrected chi connectivity index (χ1v) is 9.03. The molecule has 0 aliphatic carbocycles. The van der Waals surface area contributed by atoms with Crippen molar-refractivity contribution >= 4 is 5.91 Å². The largest absolute Gasteiger partial charge is 0.492 e. The molecule has 0 fully saturated rings. The Morgan fingerprint density at radius 1 is 1.19 bits per heavy atom. The third-order valence-electron chi connectivity index (χ3n) is 4.11. The molecule has 0 atom stereocenters. The first kappa shape index (κ1) is 19.8. The average Bonchev–Trinajstić information content (AvgIpc) is 2.60. The predicted molar refractivity (Wildman–Crippen MR) is 103 cm³/mol. The lowest BCUT2D eigenvalue weighted by Gasteiger charge is -2.20. The van der Waals surface area contributed by atoms with Crippen LogP contribution < -0.4 is 10.1 Å². The average molecular weight is 356 g/mol. The number of carbonyl (C=O) groups is 1. The summed E-state index contributed by atoms with van der Waals surface area (Å²) in [6.07, 6.45) is 1.67. The maximum Gasteiger partial charge on any atom is 0.270 e. The standard InChI is InChI=1S/C20H28N4O2/c1-8-26-19-14(11(2)3)9-16(24-17(19)12(4)5)15-10-22-13(6)23-18(15)20(25)21-7/h9-12H,8H2,1-7H3,(H,21,25). The van der Waals surface area contributed by atoms with Gasteiger partial charge in [-0.05, 0) is 31.7 Å². The van der Waals surface area contributed by atoms with Gasteiger partial charge in [-0.15, -0.1) is 0 Å². The van der Waals surface area contributed by atoms with E-state index in [1.165, 1.54) is 0 Å². The SMILES string of the molecule is CCOc1c(C(C)C)cc(-c2cnc(C)nc2C(=O)NC)nc1C(C)C. The van der Waals surface area contributed by atoms with Gasteiger partial charge in [-0.3, -0.25) is 4.79 Å². The molecule has 0 radical (unpaired) electrons. The molecule has 0 saturated heterocycles. The molecule has 6 heteroatoms. The fourth-order valence-electron chi connectivity index (χ4n) is 2.78. The van der Waals surface area contributed by atoms with Gasteiger partial charge in [0.25, 0.3) is 5.91 Å². The molecular weight excluding hydrogens is 328 g/mol. The molecule has 2 aromatic heterocycles. The van der Waals surface area contributed by atoms with Crippen molar-refractivity contribution in [3.8, 4) is 17.0 Å². The second kappa shape index (κ2) is 8.25. The van der Waals surface area contributed by atoms with Crippen LogP contribution in [-0.4, -0.2) is 34.5 Å². The number of rotatable bonds is 6. The van der Waals surface area contributed by atoms with E-state index in [0.717, 1.165) is 17.0 Å². The van der Waals surface area contributed by atoms with Gasteiger partial charge in [-0.1, -0.05) is 27.7 Å². The van der Waals surface area contributed by atoms with Gasteiger partial charge in [0.2, 0.25) is 0 Å². The molecule has 2 rings (SSSR count). The van der Waals surface area contributed by atoms with Gasteiger partial charge in [0.05, 0.1) is 18.0 Å². The number of aromatic nitrogens is 3. The Hall–Kier alpha value is -2.50. The van der Waals surface area contributed by atoms with E-state index >= 15 is 0 Å². The van der Waals surface area contributed by atoms with Crippen LogP contribution in [0.3, 0.4) is 0 Å². The number of nitrogens with zero attached hydrogens (tertiary/aromatic N) is 3. The quantitative estimate of drug-likeness (QED) is 0.850. The van der Waals surface area contributed by atoms with Crippen LogP contribution in [0.15, 0.2) is 12.3 Å². The minimum Gasteiger partial charge on any atom is -0.492 e. The highest BCUT2D eigenvalue weighted by Crippen LogP contribution is 2.37. The number of ether oxygens (including phenoxy) is 1. The van der Waals surface area contributed by atoms with E-state index in [-0.39, 0.29) is 17.7 Å². The van der Waals surface area contributed by atoms with E-state index < -0.39 is 0 Å². The summed E-state index contributed by atoms with van der Waals surface area (Å²) in [6.45, 7) is 12.7. The lowest BCUT2D eigenvalue weighted by Crippen LogP contribution is -2.21. The lowest BCUT2D eigenvalue weighted by atomic mass is 9.95. The molecular formula is C20H28N4O2. The summed E-state index contributed by atoms with van der Waals surface area (Å²) < 4.78 is 5.93. The van der Waals surface area contributed by atoms with Gasteiger partial charge in [-0.2, -0.15) is 0 Å². The van der Waals surface area contributed by atoms with Gasteiger partial charge >= 0.3 is 0 Å². The van der Waals surface area contributed by atoms with Gasteiger partial charge in [0.1, 0.15) is 17.3 Å². The zero-order valence-electron chi connectivity index (χ0n) is 16.7. The molecule has 0 aliphatic rings. The van der Waals surface area contributed by atoms with Crippen molar-refractivity contribution in [2.45, 2.75) is 53.4 Å². The van der Waals surface area contributed by atoms with Crippen LogP contribution in [0.2, 0.25) is 0 Å². The normalized spacial score (nSPS) is 11.1. The van der Waals surface area contributed by atoms with Crippen LogP contribution in [0, 0.1) is 6.92 Å². The second-order valence-corrected chi connectivity index (χ2v) is 6.81. The molecule has 1 amide bonds. The Morgan fingerprint density at radius 3 is 2.42 bits per heavy atom. The molecule has 0 bridgehead atoms. The summed E-state index contributed by atoms with van der Waals surface area (Å²) in [6, 6.07) is 1.99. The Bertz CT molecular complexity index is 771. The number of nitrogens with one attached hydrogen (secondary N) is 1. The third-order valence-corrected chi connectivity index (χ3v) is 4.11. The molecule has 2 heterocycles. The van der Waals surface area contributed by atoms with Crippen LogP contribution in [0.1, 0.15) is 74.0 Å². The third kappa shape index (κ3) is 4.00. The summed E-state index contributed by atoms with van der Waals surface area (Å²) in [7, 11) is 1.59. The lowest BCUT2D eigenvalue weighted by molar-refractivity contribution is 0.0958.